The van der Waals surface area contributed by atoms with Crippen LogP contribution in [0.15, 0.2) is 70.0 Å². The Bertz CT molecular complexity index is 1330. The molecule has 0 atom stereocenters. The molecule has 34 heavy (non-hydrogen) atoms. The molecule has 0 aliphatic heterocycles. The van der Waals surface area contributed by atoms with Crippen molar-refractivity contribution in [3.8, 4) is 0 Å². The van der Waals surface area contributed by atoms with Gasteiger partial charge in [-0.1, -0.05) is 40.9 Å². The third-order valence-corrected chi connectivity index (χ3v) is 7.99. The standard InChI is InChI=1S/C22H16BrCl2F3N2O3S/c1-13-2-6-16(7-3-13)34(32,33)30(15-5-9-19(24)17(11-15)22(26,27)28)12-21(31)29-14-4-8-18(23)20(25)10-14/h2-11H,12H2,1H3,(H,29,31). The zero-order chi connectivity index (χ0) is 25.3. The Morgan fingerprint density at radius 3 is 2.24 bits per heavy atom. The van der Waals surface area contributed by atoms with Gasteiger partial charge in [0.25, 0.3) is 10.0 Å². The number of amides is 1. The SMILES string of the molecule is Cc1ccc(S(=O)(=O)N(CC(=O)Nc2ccc(Br)c(Cl)c2)c2ccc(Cl)c(C(F)(F)F)c2)cc1. The number of sulfonamides is 1. The summed E-state index contributed by atoms with van der Waals surface area (Å²) < 4.78 is 68.2. The van der Waals surface area contributed by atoms with Crippen LogP contribution in [0.3, 0.4) is 0 Å². The third-order valence-electron chi connectivity index (χ3n) is 4.64. The summed E-state index contributed by atoms with van der Waals surface area (Å²) in [5.74, 6) is -0.794. The number of hydrogen-bond acceptors (Lipinski definition) is 3. The predicted octanol–water partition coefficient (Wildman–Crippen LogP) is 6.92. The van der Waals surface area contributed by atoms with Gasteiger partial charge >= 0.3 is 6.18 Å². The molecule has 0 heterocycles. The molecule has 0 spiro atoms. The van der Waals surface area contributed by atoms with E-state index in [2.05, 4.69) is 21.2 Å². The van der Waals surface area contributed by atoms with Gasteiger partial charge in [0.2, 0.25) is 5.91 Å². The molecule has 12 heteroatoms. The molecule has 0 saturated heterocycles. The first-order valence-corrected chi connectivity index (χ1v) is 12.5. The van der Waals surface area contributed by atoms with E-state index in [9.17, 15) is 26.4 Å². The maximum Gasteiger partial charge on any atom is 0.417 e. The van der Waals surface area contributed by atoms with Gasteiger partial charge < -0.3 is 5.32 Å². The van der Waals surface area contributed by atoms with E-state index < -0.39 is 39.2 Å². The number of nitrogens with zero attached hydrogens (tertiary/aromatic N) is 1. The van der Waals surface area contributed by atoms with E-state index in [1.54, 1.807) is 13.0 Å². The summed E-state index contributed by atoms with van der Waals surface area (Å²) in [5.41, 5.74) is -0.545. The number of benzene rings is 3. The van der Waals surface area contributed by atoms with Crippen LogP contribution in [0.2, 0.25) is 10.0 Å². The van der Waals surface area contributed by atoms with Crippen molar-refractivity contribution >= 4 is 66.4 Å². The molecule has 180 valence electrons. The van der Waals surface area contributed by atoms with Crippen molar-refractivity contribution < 1.29 is 26.4 Å². The molecule has 0 aliphatic carbocycles. The lowest BCUT2D eigenvalue weighted by molar-refractivity contribution is -0.137. The normalized spacial score (nSPS) is 11.9. The lowest BCUT2D eigenvalue weighted by atomic mass is 10.2. The number of carbonyl (C=O) groups is 1. The Balaban J connectivity index is 2.04. The van der Waals surface area contributed by atoms with Crippen LogP contribution in [-0.4, -0.2) is 20.9 Å². The summed E-state index contributed by atoms with van der Waals surface area (Å²) in [6.07, 6.45) is -4.83. The van der Waals surface area contributed by atoms with Gasteiger partial charge in [0.15, 0.2) is 0 Å². The Morgan fingerprint density at radius 2 is 1.65 bits per heavy atom. The minimum atomic E-state index is -4.83. The number of carbonyl (C=O) groups excluding carboxylic acids is 1. The molecule has 1 N–H and O–H groups in total. The summed E-state index contributed by atoms with van der Waals surface area (Å²) in [5, 5.41) is 2.20. The van der Waals surface area contributed by atoms with E-state index in [0.717, 1.165) is 17.7 Å². The summed E-state index contributed by atoms with van der Waals surface area (Å²) in [7, 11) is -4.42. The lowest BCUT2D eigenvalue weighted by Crippen LogP contribution is -2.38. The maximum atomic E-state index is 13.4. The average Bonchev–Trinajstić information content (AvgIpc) is 2.74. The zero-order valence-electron chi connectivity index (χ0n) is 17.3. The minimum absolute atomic E-state index is 0.193. The molecule has 0 saturated carbocycles. The molecule has 3 aromatic rings. The average molecular weight is 596 g/mol. The van der Waals surface area contributed by atoms with Crippen LogP contribution in [0, 0.1) is 6.92 Å². The zero-order valence-corrected chi connectivity index (χ0v) is 21.2. The first-order chi connectivity index (χ1) is 15.8. The third kappa shape index (κ3) is 6.04. The molecule has 0 aliphatic rings. The van der Waals surface area contributed by atoms with Crippen molar-refractivity contribution in [1.29, 1.82) is 0 Å². The monoisotopic (exact) mass is 594 g/mol. The maximum absolute atomic E-state index is 13.4. The van der Waals surface area contributed by atoms with Crippen molar-refractivity contribution in [1.82, 2.24) is 0 Å². The Morgan fingerprint density at radius 1 is 1.00 bits per heavy atom. The molecule has 5 nitrogen and oxygen atoms in total. The van der Waals surface area contributed by atoms with Crippen molar-refractivity contribution in [2.45, 2.75) is 18.0 Å². The Kier molecular flexibility index (Phi) is 7.86. The summed E-state index contributed by atoms with van der Waals surface area (Å²) in [6.45, 7) is 0.947. The topological polar surface area (TPSA) is 66.5 Å². The quantitative estimate of drug-likeness (QED) is 0.336. The second kappa shape index (κ2) is 10.2. The van der Waals surface area contributed by atoms with Crippen LogP contribution in [0.25, 0.3) is 0 Å². The molecule has 3 rings (SSSR count). The van der Waals surface area contributed by atoms with Crippen molar-refractivity contribution in [2.24, 2.45) is 0 Å². The van der Waals surface area contributed by atoms with Gasteiger partial charge in [-0.15, -0.1) is 0 Å². The molecule has 0 fully saturated rings. The van der Waals surface area contributed by atoms with Crippen molar-refractivity contribution in [3.63, 3.8) is 0 Å². The second-order valence-electron chi connectivity index (χ2n) is 7.16. The first-order valence-electron chi connectivity index (χ1n) is 9.50. The number of aryl methyl sites for hydroxylation is 1. The van der Waals surface area contributed by atoms with E-state index in [1.807, 2.05) is 0 Å². The fourth-order valence-electron chi connectivity index (χ4n) is 2.94. The van der Waals surface area contributed by atoms with Gasteiger partial charge in [-0.05, 0) is 71.4 Å². The van der Waals surface area contributed by atoms with Gasteiger partial charge in [0.1, 0.15) is 6.54 Å². The molecule has 0 radical (unpaired) electrons. The van der Waals surface area contributed by atoms with Crippen LogP contribution in [0.5, 0.6) is 0 Å². The first kappa shape index (κ1) is 26.3. The van der Waals surface area contributed by atoms with E-state index in [0.29, 0.717) is 19.9 Å². The van der Waals surface area contributed by atoms with Crippen molar-refractivity contribution in [3.05, 3.63) is 86.3 Å². The number of nitrogens with one attached hydrogen (secondary N) is 1. The molecule has 1 amide bonds. The van der Waals surface area contributed by atoms with Gasteiger partial charge in [-0.25, -0.2) is 8.42 Å². The van der Waals surface area contributed by atoms with Crippen LogP contribution in [-0.2, 0) is 21.0 Å². The Labute approximate surface area is 212 Å². The summed E-state index contributed by atoms with van der Waals surface area (Å²) >= 11 is 14.9. The van der Waals surface area contributed by atoms with E-state index >= 15 is 0 Å². The number of alkyl halides is 3. The smallest absolute Gasteiger partial charge is 0.324 e. The summed E-state index contributed by atoms with van der Waals surface area (Å²) in [4.78, 5) is 12.6. The highest BCUT2D eigenvalue weighted by Crippen LogP contribution is 2.38. The minimum Gasteiger partial charge on any atom is -0.324 e. The molecule has 0 unspecified atom stereocenters. The van der Waals surface area contributed by atoms with Crippen LogP contribution < -0.4 is 9.62 Å². The van der Waals surface area contributed by atoms with Gasteiger partial charge in [-0.3, -0.25) is 9.10 Å². The number of halogens is 6. The van der Waals surface area contributed by atoms with Gasteiger partial charge in [-0.2, -0.15) is 13.2 Å². The van der Waals surface area contributed by atoms with E-state index in [4.69, 9.17) is 23.2 Å². The number of hydrogen-bond donors (Lipinski definition) is 1. The van der Waals surface area contributed by atoms with Crippen LogP contribution in [0.1, 0.15) is 11.1 Å². The predicted molar refractivity (Wildman–Crippen MR) is 130 cm³/mol. The Hall–Kier alpha value is -2.27. The highest BCUT2D eigenvalue weighted by molar-refractivity contribution is 9.10. The molecular formula is C22H16BrCl2F3N2O3S. The lowest BCUT2D eigenvalue weighted by Gasteiger charge is -2.25. The van der Waals surface area contributed by atoms with E-state index in [-0.39, 0.29) is 16.3 Å². The van der Waals surface area contributed by atoms with Gasteiger partial charge in [0.05, 0.1) is 26.2 Å². The van der Waals surface area contributed by atoms with Crippen LogP contribution in [0.4, 0.5) is 24.5 Å². The van der Waals surface area contributed by atoms with Gasteiger partial charge in [0, 0.05) is 10.2 Å². The summed E-state index contributed by atoms with van der Waals surface area (Å²) in [6, 6.07) is 12.9. The van der Waals surface area contributed by atoms with Crippen molar-refractivity contribution in [2.75, 3.05) is 16.2 Å². The second-order valence-corrected chi connectivity index (χ2v) is 10.7. The number of anilines is 2. The largest absolute Gasteiger partial charge is 0.417 e. The number of rotatable bonds is 6. The van der Waals surface area contributed by atoms with E-state index in [1.165, 1.54) is 36.4 Å². The highest BCUT2D eigenvalue weighted by atomic mass is 79.9. The molecule has 0 bridgehead atoms. The molecule has 3 aromatic carbocycles. The highest BCUT2D eigenvalue weighted by Gasteiger charge is 2.35. The molecular weight excluding hydrogens is 580 g/mol. The fourth-order valence-corrected chi connectivity index (χ4v) is 5.01. The fraction of sp³-hybridized carbons (Fsp3) is 0.136. The molecule has 0 aromatic heterocycles. The van der Waals surface area contributed by atoms with Crippen LogP contribution >= 0.6 is 39.1 Å².